The Morgan fingerprint density at radius 3 is 2.38 bits per heavy atom. The second-order valence-corrected chi connectivity index (χ2v) is 13.7. The average molecular weight is 691 g/mol. The maximum atomic E-state index is 13.8. The van der Waals surface area contributed by atoms with Gasteiger partial charge in [-0.3, -0.25) is 4.79 Å². The third-order valence-corrected chi connectivity index (χ3v) is 10.3. The fourth-order valence-electron chi connectivity index (χ4n) is 6.88. The number of nitrogens with one attached hydrogen (secondary N) is 2. The molecule has 2 saturated heterocycles. The number of nitrogens with two attached hydrogens (primary N) is 1. The van der Waals surface area contributed by atoms with Crippen molar-refractivity contribution in [3.8, 4) is 0 Å². The smallest absolute Gasteiger partial charge is 0.418 e. The van der Waals surface area contributed by atoms with Crippen molar-refractivity contribution >= 4 is 41.0 Å². The molecule has 14 heteroatoms. The van der Waals surface area contributed by atoms with Crippen LogP contribution in [0.15, 0.2) is 36.4 Å². The number of benzene rings is 2. The van der Waals surface area contributed by atoms with E-state index in [9.17, 15) is 27.6 Å². The van der Waals surface area contributed by atoms with Crippen molar-refractivity contribution < 1.29 is 32.3 Å². The van der Waals surface area contributed by atoms with E-state index in [1.165, 1.54) is 23.8 Å². The van der Waals surface area contributed by atoms with Crippen molar-refractivity contribution in [3.63, 3.8) is 0 Å². The highest BCUT2D eigenvalue weighted by Gasteiger charge is 2.38. The largest absolute Gasteiger partial charge is 0.436 e. The van der Waals surface area contributed by atoms with Crippen molar-refractivity contribution in [1.29, 1.82) is 0 Å². The van der Waals surface area contributed by atoms with E-state index in [-0.39, 0.29) is 35.1 Å². The van der Waals surface area contributed by atoms with Crippen LogP contribution in [0.2, 0.25) is 5.02 Å². The number of carbonyl (C=O) groups excluding carboxylic acids is 3. The Hall–Kier alpha value is -3.71. The fraction of sp³-hybridized carbons (Fsp3) is 0.559. The SMILES string of the molecule is Nc1c(Cl)cc(C[C@@H](OC(=O)N2CCC(N3CCc4ccccc4NC3=O)CC2)C(=O)N2CCC(NCC3CC3)CC2)cc1C(F)(F)F. The molecule has 3 fully saturated rings. The molecule has 48 heavy (non-hydrogen) atoms. The van der Waals surface area contributed by atoms with E-state index in [0.717, 1.165) is 42.6 Å². The van der Waals surface area contributed by atoms with Crippen molar-refractivity contribution in [2.24, 2.45) is 5.92 Å². The van der Waals surface area contributed by atoms with Crippen LogP contribution in [0.5, 0.6) is 0 Å². The summed E-state index contributed by atoms with van der Waals surface area (Å²) >= 11 is 6.09. The van der Waals surface area contributed by atoms with Crippen LogP contribution in [0.1, 0.15) is 55.2 Å². The maximum Gasteiger partial charge on any atom is 0.418 e. The highest BCUT2D eigenvalue weighted by Crippen LogP contribution is 2.38. The molecule has 1 saturated carbocycles. The molecule has 1 aliphatic carbocycles. The van der Waals surface area contributed by atoms with Gasteiger partial charge in [-0.15, -0.1) is 0 Å². The number of amides is 4. The summed E-state index contributed by atoms with van der Waals surface area (Å²) in [5.74, 6) is 0.270. The lowest BCUT2D eigenvalue weighted by atomic mass is 10.0. The number of fused-ring (bicyclic) bond motifs is 1. The molecule has 3 heterocycles. The number of anilines is 2. The number of halogens is 4. The van der Waals surface area contributed by atoms with Crippen LogP contribution in [0.4, 0.5) is 34.1 Å². The minimum absolute atomic E-state index is 0.0838. The van der Waals surface area contributed by atoms with Gasteiger partial charge in [0.25, 0.3) is 5.91 Å². The first-order valence-corrected chi connectivity index (χ1v) is 17.1. The molecule has 0 aromatic heterocycles. The number of nitrogen functional groups attached to an aromatic ring is 1. The molecule has 0 spiro atoms. The monoisotopic (exact) mass is 690 g/mol. The second kappa shape index (κ2) is 14.4. The van der Waals surface area contributed by atoms with Gasteiger partial charge in [-0.1, -0.05) is 29.8 Å². The first kappa shape index (κ1) is 34.2. The molecule has 0 radical (unpaired) electrons. The van der Waals surface area contributed by atoms with Crippen molar-refractivity contribution in [1.82, 2.24) is 20.0 Å². The Labute approximate surface area is 283 Å². The standard InChI is InChI=1S/C34H42ClF3N6O4/c35-27-18-22(17-26(30(27)39)34(36,37)38)19-29(31(45)42-12-8-24(9-13-42)40-20-21-5-6-21)48-33(47)43-14-10-25(11-15-43)44-16-7-23-3-1-2-4-28(23)41-32(44)46/h1-4,17-18,21,24-25,29,40H,5-16,19-20,39H2,(H,41,46)/t29-/m1/s1. The molecular weight excluding hydrogens is 649 g/mol. The van der Waals surface area contributed by atoms with Gasteiger partial charge < -0.3 is 35.8 Å². The summed E-state index contributed by atoms with van der Waals surface area (Å²) in [7, 11) is 0. The van der Waals surface area contributed by atoms with E-state index in [1.807, 2.05) is 24.3 Å². The number of rotatable bonds is 8. The summed E-state index contributed by atoms with van der Waals surface area (Å²) in [6, 6.07) is 9.84. The molecule has 10 nitrogen and oxygen atoms in total. The Morgan fingerprint density at radius 1 is 1.00 bits per heavy atom. The molecule has 3 aliphatic heterocycles. The van der Waals surface area contributed by atoms with Gasteiger partial charge in [-0.05, 0) is 86.7 Å². The number of hydrogen-bond acceptors (Lipinski definition) is 6. The van der Waals surface area contributed by atoms with Crippen LogP contribution < -0.4 is 16.4 Å². The highest BCUT2D eigenvalue weighted by molar-refractivity contribution is 6.33. The van der Waals surface area contributed by atoms with Crippen LogP contribution >= 0.6 is 11.6 Å². The van der Waals surface area contributed by atoms with Crippen LogP contribution in [0, 0.1) is 5.92 Å². The topological polar surface area (TPSA) is 120 Å². The molecule has 260 valence electrons. The Morgan fingerprint density at radius 2 is 1.69 bits per heavy atom. The molecule has 6 rings (SSSR count). The zero-order valence-corrected chi connectivity index (χ0v) is 27.5. The van der Waals surface area contributed by atoms with Gasteiger partial charge in [0, 0.05) is 56.9 Å². The third kappa shape index (κ3) is 8.11. The van der Waals surface area contributed by atoms with E-state index in [2.05, 4.69) is 10.6 Å². The lowest BCUT2D eigenvalue weighted by Crippen LogP contribution is -2.52. The summed E-state index contributed by atoms with van der Waals surface area (Å²) in [5, 5.41) is 6.26. The molecule has 4 aliphatic rings. The molecule has 4 N–H and O–H groups in total. The van der Waals surface area contributed by atoms with Gasteiger partial charge in [0.1, 0.15) is 0 Å². The molecule has 2 aromatic rings. The lowest BCUT2D eigenvalue weighted by Gasteiger charge is -2.38. The highest BCUT2D eigenvalue weighted by atomic mass is 35.5. The zero-order valence-electron chi connectivity index (χ0n) is 26.7. The molecule has 0 bridgehead atoms. The molecule has 1 atom stereocenters. The molecule has 4 amide bonds. The van der Waals surface area contributed by atoms with E-state index in [4.69, 9.17) is 22.1 Å². The van der Waals surface area contributed by atoms with Gasteiger partial charge in [-0.25, -0.2) is 9.59 Å². The van der Waals surface area contributed by atoms with Gasteiger partial charge in [0.2, 0.25) is 0 Å². The summed E-state index contributed by atoms with van der Waals surface area (Å²) in [6.45, 7) is 2.99. The minimum Gasteiger partial charge on any atom is -0.436 e. The van der Waals surface area contributed by atoms with Gasteiger partial charge >= 0.3 is 18.3 Å². The van der Waals surface area contributed by atoms with E-state index in [0.29, 0.717) is 52.0 Å². The first-order chi connectivity index (χ1) is 23.0. The van der Waals surface area contributed by atoms with Crippen LogP contribution in [0.25, 0.3) is 0 Å². The van der Waals surface area contributed by atoms with Gasteiger partial charge in [0.15, 0.2) is 6.10 Å². The van der Waals surface area contributed by atoms with Crippen molar-refractivity contribution in [3.05, 3.63) is 58.1 Å². The van der Waals surface area contributed by atoms with Gasteiger partial charge in [0.05, 0.1) is 16.3 Å². The maximum absolute atomic E-state index is 13.8. The summed E-state index contributed by atoms with van der Waals surface area (Å²) in [4.78, 5) is 45.3. The summed E-state index contributed by atoms with van der Waals surface area (Å²) < 4.78 is 47.0. The lowest BCUT2D eigenvalue weighted by molar-refractivity contribution is -0.142. The number of para-hydroxylation sites is 1. The first-order valence-electron chi connectivity index (χ1n) is 16.7. The Balaban J connectivity index is 1.11. The van der Waals surface area contributed by atoms with E-state index >= 15 is 0 Å². The number of ether oxygens (including phenoxy) is 1. The Bertz CT molecular complexity index is 1510. The number of likely N-dealkylation sites (tertiary alicyclic amines) is 2. The third-order valence-electron chi connectivity index (χ3n) is 9.94. The average Bonchev–Trinajstić information content (AvgIpc) is 3.91. The number of nitrogens with zero attached hydrogens (tertiary/aromatic N) is 3. The number of urea groups is 1. The molecule has 0 unspecified atom stereocenters. The normalized spacial score (nSPS) is 20.2. The molecule has 2 aromatic carbocycles. The fourth-order valence-corrected chi connectivity index (χ4v) is 7.12. The number of carbonyl (C=O) groups is 3. The van der Waals surface area contributed by atoms with Crippen LogP contribution in [-0.4, -0.2) is 90.2 Å². The predicted molar refractivity (Wildman–Crippen MR) is 176 cm³/mol. The summed E-state index contributed by atoms with van der Waals surface area (Å²) in [6.07, 6.45) is -1.46. The van der Waals surface area contributed by atoms with Gasteiger partial charge in [-0.2, -0.15) is 13.2 Å². The van der Waals surface area contributed by atoms with E-state index in [1.54, 1.807) is 9.80 Å². The van der Waals surface area contributed by atoms with E-state index < -0.39 is 35.5 Å². The number of hydrogen-bond donors (Lipinski definition) is 3. The zero-order chi connectivity index (χ0) is 34.0. The van der Waals surface area contributed by atoms with Crippen LogP contribution in [0.3, 0.4) is 0 Å². The number of alkyl halides is 3. The quantitative estimate of drug-likeness (QED) is 0.313. The van der Waals surface area contributed by atoms with Crippen LogP contribution in [-0.2, 0) is 28.5 Å². The number of piperidine rings is 2. The van der Waals surface area contributed by atoms with Crippen molar-refractivity contribution in [2.45, 2.75) is 75.7 Å². The Kier molecular flexibility index (Phi) is 10.3. The van der Waals surface area contributed by atoms with Crippen molar-refractivity contribution in [2.75, 3.05) is 50.3 Å². The summed E-state index contributed by atoms with van der Waals surface area (Å²) in [5.41, 5.74) is 5.88. The second-order valence-electron chi connectivity index (χ2n) is 13.3. The molecular formula is C34H42ClF3N6O4. The minimum atomic E-state index is -4.76. The predicted octanol–water partition coefficient (Wildman–Crippen LogP) is 5.53.